The molecule has 0 saturated carbocycles. The van der Waals surface area contributed by atoms with Crippen molar-refractivity contribution in [2.45, 2.75) is 6.42 Å². The monoisotopic (exact) mass is 430 g/mol. The molecule has 0 bridgehead atoms. The van der Waals surface area contributed by atoms with Crippen LogP contribution in [-0.2, 0) is 11.2 Å². The number of amides is 2. The Morgan fingerprint density at radius 2 is 1.56 bits per heavy atom. The van der Waals surface area contributed by atoms with Gasteiger partial charge >= 0.3 is 0 Å². The number of ether oxygens (including phenoxy) is 2. The summed E-state index contributed by atoms with van der Waals surface area (Å²) in [6, 6.07) is 21.4. The van der Waals surface area contributed by atoms with E-state index in [-0.39, 0.29) is 18.1 Å². The maximum atomic E-state index is 13.1. The van der Waals surface area contributed by atoms with Gasteiger partial charge in [-0.25, -0.2) is 0 Å². The van der Waals surface area contributed by atoms with Gasteiger partial charge < -0.3 is 24.5 Å². The van der Waals surface area contributed by atoms with Gasteiger partial charge in [0.1, 0.15) is 22.8 Å². The molecule has 0 spiro atoms. The summed E-state index contributed by atoms with van der Waals surface area (Å²) >= 11 is 0. The standard InChI is InChI=1S/C25H22N2O5/c1-30-17-13-11-16(12-14-17)15-22(28)27-23-18-7-3-5-9-20(18)32-24(23)25(29)26-19-8-4-6-10-21(19)31-2/h3-14H,15H2,1-2H3,(H,26,29)(H,27,28). The highest BCUT2D eigenvalue weighted by molar-refractivity contribution is 6.15. The first-order chi connectivity index (χ1) is 15.6. The molecular weight excluding hydrogens is 408 g/mol. The molecule has 0 atom stereocenters. The third-order valence-corrected chi connectivity index (χ3v) is 4.95. The topological polar surface area (TPSA) is 89.8 Å². The zero-order valence-electron chi connectivity index (χ0n) is 17.7. The van der Waals surface area contributed by atoms with E-state index >= 15 is 0 Å². The number of fused-ring (bicyclic) bond motifs is 1. The van der Waals surface area contributed by atoms with E-state index in [0.717, 1.165) is 5.56 Å². The molecule has 2 N–H and O–H groups in total. The number of carbonyl (C=O) groups excluding carboxylic acids is 2. The zero-order valence-corrected chi connectivity index (χ0v) is 17.7. The Morgan fingerprint density at radius 1 is 0.844 bits per heavy atom. The summed E-state index contributed by atoms with van der Waals surface area (Å²) in [5, 5.41) is 6.28. The summed E-state index contributed by atoms with van der Waals surface area (Å²) in [5.74, 6) is 0.478. The van der Waals surface area contributed by atoms with Crippen LogP contribution in [0.2, 0.25) is 0 Å². The van der Waals surface area contributed by atoms with Crippen molar-refractivity contribution in [2.75, 3.05) is 24.9 Å². The molecule has 162 valence electrons. The Kier molecular flexibility index (Phi) is 6.07. The van der Waals surface area contributed by atoms with Gasteiger partial charge in [-0.15, -0.1) is 0 Å². The molecule has 0 aliphatic carbocycles. The molecule has 1 heterocycles. The van der Waals surface area contributed by atoms with E-state index in [1.807, 2.05) is 18.2 Å². The lowest BCUT2D eigenvalue weighted by Gasteiger charge is -2.10. The molecule has 4 rings (SSSR count). The molecule has 0 unspecified atom stereocenters. The second kappa shape index (κ2) is 9.26. The first kappa shape index (κ1) is 21.0. The average molecular weight is 430 g/mol. The third-order valence-electron chi connectivity index (χ3n) is 4.95. The van der Waals surface area contributed by atoms with Crippen LogP contribution >= 0.6 is 0 Å². The molecule has 0 aliphatic rings. The van der Waals surface area contributed by atoms with E-state index < -0.39 is 5.91 Å². The quantitative estimate of drug-likeness (QED) is 0.436. The normalized spacial score (nSPS) is 10.6. The van der Waals surface area contributed by atoms with Crippen LogP contribution in [0.15, 0.2) is 77.2 Å². The summed E-state index contributed by atoms with van der Waals surface area (Å²) in [6.07, 6.45) is 0.136. The van der Waals surface area contributed by atoms with Crippen molar-refractivity contribution in [3.8, 4) is 11.5 Å². The van der Waals surface area contributed by atoms with Crippen molar-refractivity contribution < 1.29 is 23.5 Å². The van der Waals surface area contributed by atoms with Gasteiger partial charge in [0.15, 0.2) is 0 Å². The number of carbonyl (C=O) groups is 2. The van der Waals surface area contributed by atoms with E-state index in [4.69, 9.17) is 13.9 Å². The van der Waals surface area contributed by atoms with Crippen molar-refractivity contribution in [3.05, 3.63) is 84.1 Å². The van der Waals surface area contributed by atoms with Gasteiger partial charge in [-0.3, -0.25) is 9.59 Å². The van der Waals surface area contributed by atoms with E-state index in [9.17, 15) is 9.59 Å². The second-order valence-corrected chi connectivity index (χ2v) is 7.03. The summed E-state index contributed by atoms with van der Waals surface area (Å²) in [7, 11) is 3.11. The maximum Gasteiger partial charge on any atom is 0.293 e. The van der Waals surface area contributed by atoms with Crippen molar-refractivity contribution in [2.24, 2.45) is 0 Å². The molecule has 0 radical (unpaired) electrons. The number of nitrogens with one attached hydrogen (secondary N) is 2. The number of benzene rings is 3. The Hall–Kier alpha value is -4.26. The summed E-state index contributed by atoms with van der Waals surface area (Å²) in [6.45, 7) is 0. The lowest BCUT2D eigenvalue weighted by molar-refractivity contribution is -0.115. The van der Waals surface area contributed by atoms with Crippen molar-refractivity contribution >= 4 is 34.2 Å². The predicted molar refractivity (Wildman–Crippen MR) is 122 cm³/mol. The van der Waals surface area contributed by atoms with Crippen LogP contribution in [0, 0.1) is 0 Å². The van der Waals surface area contributed by atoms with Gasteiger partial charge in [0, 0.05) is 5.39 Å². The van der Waals surface area contributed by atoms with E-state index in [1.54, 1.807) is 61.7 Å². The molecular formula is C25H22N2O5. The Labute approximate surface area is 184 Å². The summed E-state index contributed by atoms with van der Waals surface area (Å²) < 4.78 is 16.2. The minimum Gasteiger partial charge on any atom is -0.497 e. The van der Waals surface area contributed by atoms with E-state index in [2.05, 4.69) is 10.6 Å². The first-order valence-electron chi connectivity index (χ1n) is 9.97. The van der Waals surface area contributed by atoms with Crippen LogP contribution in [0.5, 0.6) is 11.5 Å². The summed E-state index contributed by atoms with van der Waals surface area (Å²) in [4.78, 5) is 25.8. The fraction of sp³-hybridized carbons (Fsp3) is 0.120. The highest BCUT2D eigenvalue weighted by atomic mass is 16.5. The second-order valence-electron chi connectivity index (χ2n) is 7.03. The van der Waals surface area contributed by atoms with Gasteiger partial charge in [0.25, 0.3) is 5.91 Å². The number of hydrogen-bond donors (Lipinski definition) is 2. The molecule has 1 aromatic heterocycles. The molecule has 0 fully saturated rings. The van der Waals surface area contributed by atoms with Crippen molar-refractivity contribution in [1.29, 1.82) is 0 Å². The third kappa shape index (κ3) is 4.41. The Balaban J connectivity index is 1.61. The number of para-hydroxylation sites is 3. The van der Waals surface area contributed by atoms with Crippen molar-refractivity contribution in [3.63, 3.8) is 0 Å². The first-order valence-corrected chi connectivity index (χ1v) is 9.97. The fourth-order valence-corrected chi connectivity index (χ4v) is 3.37. The van der Waals surface area contributed by atoms with Crippen LogP contribution < -0.4 is 20.1 Å². The number of methoxy groups -OCH3 is 2. The van der Waals surface area contributed by atoms with Crippen LogP contribution in [-0.4, -0.2) is 26.0 Å². The average Bonchev–Trinajstić information content (AvgIpc) is 3.18. The highest BCUT2D eigenvalue weighted by Gasteiger charge is 2.23. The number of hydrogen-bond acceptors (Lipinski definition) is 5. The lowest BCUT2D eigenvalue weighted by atomic mass is 10.1. The van der Waals surface area contributed by atoms with Crippen LogP contribution in [0.4, 0.5) is 11.4 Å². The van der Waals surface area contributed by atoms with Gasteiger partial charge in [0.2, 0.25) is 11.7 Å². The minimum atomic E-state index is -0.495. The maximum absolute atomic E-state index is 13.1. The van der Waals surface area contributed by atoms with Gasteiger partial charge in [-0.1, -0.05) is 36.4 Å². The number of furan rings is 1. The number of rotatable bonds is 7. The van der Waals surface area contributed by atoms with Gasteiger partial charge in [-0.2, -0.15) is 0 Å². The van der Waals surface area contributed by atoms with Crippen LogP contribution in [0.3, 0.4) is 0 Å². The molecule has 0 saturated heterocycles. The molecule has 3 aromatic carbocycles. The van der Waals surface area contributed by atoms with E-state index in [0.29, 0.717) is 33.8 Å². The molecule has 2 amide bonds. The minimum absolute atomic E-state index is 0.0141. The zero-order chi connectivity index (χ0) is 22.5. The largest absolute Gasteiger partial charge is 0.497 e. The molecule has 7 nitrogen and oxygen atoms in total. The molecule has 4 aromatic rings. The van der Waals surface area contributed by atoms with Gasteiger partial charge in [0.05, 0.1) is 26.3 Å². The predicted octanol–water partition coefficient (Wildman–Crippen LogP) is 4.88. The molecule has 0 aliphatic heterocycles. The molecule has 32 heavy (non-hydrogen) atoms. The Morgan fingerprint density at radius 3 is 2.31 bits per heavy atom. The van der Waals surface area contributed by atoms with E-state index in [1.165, 1.54) is 7.11 Å². The highest BCUT2D eigenvalue weighted by Crippen LogP contribution is 2.32. The van der Waals surface area contributed by atoms with Crippen molar-refractivity contribution in [1.82, 2.24) is 0 Å². The summed E-state index contributed by atoms with van der Waals surface area (Å²) in [5.41, 5.74) is 2.14. The Bertz CT molecular complexity index is 1260. The molecule has 7 heteroatoms. The fourth-order valence-electron chi connectivity index (χ4n) is 3.37. The van der Waals surface area contributed by atoms with Crippen LogP contribution in [0.1, 0.15) is 16.1 Å². The van der Waals surface area contributed by atoms with Gasteiger partial charge in [-0.05, 0) is 42.0 Å². The smallest absolute Gasteiger partial charge is 0.293 e. The lowest BCUT2D eigenvalue weighted by Crippen LogP contribution is -2.18. The SMILES string of the molecule is COc1ccc(CC(=O)Nc2c(C(=O)Nc3ccccc3OC)oc3ccccc23)cc1. The number of anilines is 2. The van der Waals surface area contributed by atoms with Crippen LogP contribution in [0.25, 0.3) is 11.0 Å².